The van der Waals surface area contributed by atoms with Gasteiger partial charge in [0.1, 0.15) is 5.75 Å². The Morgan fingerprint density at radius 2 is 1.70 bits per heavy atom. The van der Waals surface area contributed by atoms with Crippen molar-refractivity contribution in [2.75, 3.05) is 0 Å². The Morgan fingerprint density at radius 3 is 2.37 bits per heavy atom. The van der Waals surface area contributed by atoms with Crippen molar-refractivity contribution in [3.63, 3.8) is 0 Å². The Morgan fingerprint density at radius 1 is 1.00 bits per heavy atom. The van der Waals surface area contributed by atoms with E-state index in [9.17, 15) is 18.0 Å². The van der Waals surface area contributed by atoms with E-state index in [1.165, 1.54) is 29.1 Å². The van der Waals surface area contributed by atoms with Gasteiger partial charge < -0.3 is 9.26 Å². The van der Waals surface area contributed by atoms with Crippen LogP contribution in [0.3, 0.4) is 0 Å². The Kier molecular flexibility index (Phi) is 4.82. The van der Waals surface area contributed by atoms with Crippen molar-refractivity contribution in [1.82, 2.24) is 19.9 Å². The molecule has 30 heavy (non-hydrogen) atoms. The summed E-state index contributed by atoms with van der Waals surface area (Å²) in [5, 5.41) is 8.05. The van der Waals surface area contributed by atoms with E-state index in [4.69, 9.17) is 4.52 Å². The minimum absolute atomic E-state index is 0.0474. The van der Waals surface area contributed by atoms with E-state index in [1.807, 2.05) is 31.2 Å². The first kappa shape index (κ1) is 19.4. The largest absolute Gasteiger partial charge is 0.573 e. The smallest absolute Gasteiger partial charge is 0.406 e. The van der Waals surface area contributed by atoms with Crippen LogP contribution >= 0.6 is 0 Å². The van der Waals surface area contributed by atoms with Crippen LogP contribution in [0.25, 0.3) is 28.7 Å². The number of halogens is 3. The van der Waals surface area contributed by atoms with Crippen LogP contribution in [0.2, 0.25) is 0 Å². The van der Waals surface area contributed by atoms with Gasteiger partial charge in [-0.3, -0.25) is 4.79 Å². The van der Waals surface area contributed by atoms with Crippen LogP contribution in [-0.2, 0) is 0 Å². The highest BCUT2D eigenvalue weighted by molar-refractivity contribution is 5.58. The summed E-state index contributed by atoms with van der Waals surface area (Å²) in [7, 11) is 0. The first-order valence-electron chi connectivity index (χ1n) is 8.66. The molecule has 7 nitrogen and oxygen atoms in total. The first-order valence-corrected chi connectivity index (χ1v) is 8.66. The van der Waals surface area contributed by atoms with Crippen LogP contribution in [0.15, 0.2) is 70.1 Å². The van der Waals surface area contributed by atoms with Crippen LogP contribution in [0, 0.1) is 6.92 Å². The summed E-state index contributed by atoms with van der Waals surface area (Å²) in [5.41, 5.74) is 1.74. The molecule has 0 saturated carbocycles. The Bertz CT molecular complexity index is 1230. The monoisotopic (exact) mass is 414 g/mol. The van der Waals surface area contributed by atoms with E-state index in [2.05, 4.69) is 20.0 Å². The van der Waals surface area contributed by atoms with Crippen molar-refractivity contribution in [2.24, 2.45) is 0 Å². The number of aromatic nitrogens is 4. The molecule has 2 heterocycles. The molecule has 0 amide bonds. The zero-order valence-corrected chi connectivity index (χ0v) is 15.4. The maximum atomic E-state index is 12.3. The van der Waals surface area contributed by atoms with Crippen LogP contribution < -0.4 is 10.2 Å². The summed E-state index contributed by atoms with van der Waals surface area (Å²) < 4.78 is 47.3. The van der Waals surface area contributed by atoms with Gasteiger partial charge in [0.05, 0.1) is 5.69 Å². The van der Waals surface area contributed by atoms with Crippen molar-refractivity contribution in [2.45, 2.75) is 13.3 Å². The van der Waals surface area contributed by atoms with Crippen LogP contribution in [0.5, 0.6) is 5.75 Å². The summed E-state index contributed by atoms with van der Waals surface area (Å²) in [6.45, 7) is 1.95. The molecule has 152 valence electrons. The standard InChI is InChI=1S/C20H13F3N4O3/c1-12-2-6-14(7-3-12)27-11-10-16(28)17(25-27)19-24-18(26-30-19)13-4-8-15(9-5-13)29-20(21,22)23/h2-11H,1H3. The fraction of sp³-hybridized carbons (Fsp3) is 0.100. The topological polar surface area (TPSA) is 83.0 Å². The van der Waals surface area contributed by atoms with Crippen LogP contribution in [0.1, 0.15) is 5.56 Å². The average Bonchev–Trinajstić information content (AvgIpc) is 3.18. The van der Waals surface area contributed by atoms with Gasteiger partial charge in [-0.2, -0.15) is 10.1 Å². The molecule has 0 unspecified atom stereocenters. The number of alkyl halides is 3. The van der Waals surface area contributed by atoms with Gasteiger partial charge in [0.15, 0.2) is 5.69 Å². The van der Waals surface area contributed by atoms with Gasteiger partial charge >= 0.3 is 6.36 Å². The molecule has 4 rings (SSSR count). The van der Waals surface area contributed by atoms with Crippen molar-refractivity contribution < 1.29 is 22.4 Å². The van der Waals surface area contributed by atoms with Crippen molar-refractivity contribution in [1.29, 1.82) is 0 Å². The predicted octanol–water partition coefficient (Wildman–Crippen LogP) is 4.16. The van der Waals surface area contributed by atoms with Gasteiger partial charge in [-0.15, -0.1) is 13.2 Å². The predicted molar refractivity (Wildman–Crippen MR) is 100.0 cm³/mol. The molecular weight excluding hydrogens is 401 g/mol. The van der Waals surface area contributed by atoms with Gasteiger partial charge in [-0.1, -0.05) is 22.9 Å². The highest BCUT2D eigenvalue weighted by atomic mass is 19.4. The summed E-state index contributed by atoms with van der Waals surface area (Å²) in [6.07, 6.45) is -3.26. The third-order valence-corrected chi connectivity index (χ3v) is 4.08. The number of benzene rings is 2. The number of rotatable bonds is 4. The van der Waals surface area contributed by atoms with Crippen molar-refractivity contribution in [3.05, 3.63) is 76.6 Å². The number of nitrogens with zero attached hydrogens (tertiary/aromatic N) is 4. The second kappa shape index (κ2) is 7.47. The van der Waals surface area contributed by atoms with E-state index in [-0.39, 0.29) is 23.2 Å². The quantitative estimate of drug-likeness (QED) is 0.499. The Balaban J connectivity index is 1.63. The second-order valence-corrected chi connectivity index (χ2v) is 6.30. The molecule has 0 spiro atoms. The lowest BCUT2D eigenvalue weighted by atomic mass is 10.2. The number of ether oxygens (including phenoxy) is 1. The van der Waals surface area contributed by atoms with E-state index in [0.29, 0.717) is 5.56 Å². The molecule has 0 N–H and O–H groups in total. The van der Waals surface area contributed by atoms with Gasteiger partial charge in [-0.25, -0.2) is 4.68 Å². The average molecular weight is 414 g/mol. The second-order valence-electron chi connectivity index (χ2n) is 6.30. The molecular formula is C20H13F3N4O3. The van der Waals surface area contributed by atoms with Gasteiger partial charge in [0.25, 0.3) is 5.89 Å². The fourth-order valence-corrected chi connectivity index (χ4v) is 2.64. The molecule has 2 aromatic heterocycles. The maximum absolute atomic E-state index is 12.3. The highest BCUT2D eigenvalue weighted by Gasteiger charge is 2.31. The molecule has 0 fully saturated rings. The Hall–Kier alpha value is -3.95. The van der Waals surface area contributed by atoms with Gasteiger partial charge in [0.2, 0.25) is 11.3 Å². The molecule has 0 aliphatic carbocycles. The Labute approximate surface area is 167 Å². The first-order chi connectivity index (χ1) is 14.3. The third kappa shape index (κ3) is 4.22. The molecule has 0 atom stereocenters. The van der Waals surface area contributed by atoms with Crippen molar-refractivity contribution >= 4 is 0 Å². The van der Waals surface area contributed by atoms with E-state index < -0.39 is 11.8 Å². The SMILES string of the molecule is Cc1ccc(-n2ccc(=O)c(-c3nc(-c4ccc(OC(F)(F)F)cc4)no3)n2)cc1. The van der Waals surface area contributed by atoms with Gasteiger partial charge in [0, 0.05) is 17.8 Å². The summed E-state index contributed by atoms with van der Waals surface area (Å²) in [4.78, 5) is 16.4. The lowest BCUT2D eigenvalue weighted by Crippen LogP contribution is -2.16. The normalized spacial score (nSPS) is 11.5. The van der Waals surface area contributed by atoms with Crippen LogP contribution in [0.4, 0.5) is 13.2 Å². The van der Waals surface area contributed by atoms with Crippen molar-refractivity contribution in [3.8, 4) is 34.4 Å². The van der Waals surface area contributed by atoms with E-state index >= 15 is 0 Å². The lowest BCUT2D eigenvalue weighted by molar-refractivity contribution is -0.274. The molecule has 0 saturated heterocycles. The van der Waals surface area contributed by atoms with E-state index in [1.54, 1.807) is 0 Å². The molecule has 0 aliphatic heterocycles. The maximum Gasteiger partial charge on any atom is 0.573 e. The fourth-order valence-electron chi connectivity index (χ4n) is 2.64. The molecule has 0 radical (unpaired) electrons. The molecule has 4 aromatic rings. The molecule has 2 aromatic carbocycles. The summed E-state index contributed by atoms with van der Waals surface area (Å²) >= 11 is 0. The molecule has 0 bridgehead atoms. The van der Waals surface area contributed by atoms with Gasteiger partial charge in [-0.05, 0) is 43.3 Å². The number of hydrogen-bond donors (Lipinski definition) is 0. The number of hydrogen-bond acceptors (Lipinski definition) is 6. The minimum Gasteiger partial charge on any atom is -0.406 e. The minimum atomic E-state index is -4.78. The summed E-state index contributed by atoms with van der Waals surface area (Å²) in [5.74, 6) is -0.386. The zero-order valence-electron chi connectivity index (χ0n) is 15.4. The third-order valence-electron chi connectivity index (χ3n) is 4.08. The van der Waals surface area contributed by atoms with E-state index in [0.717, 1.165) is 23.4 Å². The molecule has 0 aliphatic rings. The number of aryl methyl sites for hydroxylation is 1. The zero-order chi connectivity index (χ0) is 21.3. The molecule has 10 heteroatoms. The summed E-state index contributed by atoms with van der Waals surface area (Å²) in [6, 6.07) is 13.8. The van der Waals surface area contributed by atoms with Crippen LogP contribution in [-0.4, -0.2) is 26.3 Å². The lowest BCUT2D eigenvalue weighted by Gasteiger charge is -2.08. The highest BCUT2D eigenvalue weighted by Crippen LogP contribution is 2.26.